The van der Waals surface area contributed by atoms with E-state index in [0.29, 0.717) is 12.0 Å². The summed E-state index contributed by atoms with van der Waals surface area (Å²) in [4.78, 5) is 0. The zero-order valence-corrected chi connectivity index (χ0v) is 11.2. The molecule has 3 rings (SSSR count). The van der Waals surface area contributed by atoms with Crippen molar-refractivity contribution in [1.29, 1.82) is 0 Å². The maximum absolute atomic E-state index is 6.01. The predicted octanol–water partition coefficient (Wildman–Crippen LogP) is 3.25. The number of ether oxygens (including phenoxy) is 1. The Bertz CT molecular complexity index is 381. The molecule has 2 nitrogen and oxygen atoms in total. The minimum atomic E-state index is 0.291. The van der Waals surface area contributed by atoms with Gasteiger partial charge in [-0.3, -0.25) is 0 Å². The van der Waals surface area contributed by atoms with E-state index in [4.69, 9.17) is 4.74 Å². The third-order valence-electron chi connectivity index (χ3n) is 4.22. The first-order chi connectivity index (χ1) is 8.88. The van der Waals surface area contributed by atoms with Gasteiger partial charge in [0.1, 0.15) is 0 Å². The van der Waals surface area contributed by atoms with Gasteiger partial charge < -0.3 is 10.1 Å². The second-order valence-electron chi connectivity index (χ2n) is 5.69. The largest absolute Gasteiger partial charge is 0.373 e. The molecule has 0 bridgehead atoms. The summed E-state index contributed by atoms with van der Waals surface area (Å²) in [5.74, 6) is 1.47. The van der Waals surface area contributed by atoms with Gasteiger partial charge in [-0.1, -0.05) is 24.3 Å². The van der Waals surface area contributed by atoms with E-state index in [9.17, 15) is 0 Å². The molecular formula is C16H23NO. The first kappa shape index (κ1) is 12.2. The van der Waals surface area contributed by atoms with E-state index in [0.717, 1.165) is 19.1 Å². The van der Waals surface area contributed by atoms with Crippen LogP contribution < -0.4 is 5.32 Å². The molecule has 1 aromatic carbocycles. The zero-order valence-electron chi connectivity index (χ0n) is 11.2. The lowest BCUT2D eigenvalue weighted by Crippen LogP contribution is -2.30. The predicted molar refractivity (Wildman–Crippen MR) is 73.8 cm³/mol. The van der Waals surface area contributed by atoms with Crippen molar-refractivity contribution in [2.24, 2.45) is 5.92 Å². The molecule has 2 atom stereocenters. The molecule has 0 radical (unpaired) electrons. The highest BCUT2D eigenvalue weighted by Crippen LogP contribution is 2.41. The van der Waals surface area contributed by atoms with E-state index < -0.39 is 0 Å². The van der Waals surface area contributed by atoms with Gasteiger partial charge in [0.2, 0.25) is 0 Å². The van der Waals surface area contributed by atoms with Crippen molar-refractivity contribution in [2.75, 3.05) is 20.2 Å². The van der Waals surface area contributed by atoms with Crippen molar-refractivity contribution < 1.29 is 4.74 Å². The Balaban J connectivity index is 1.74. The van der Waals surface area contributed by atoms with Crippen LogP contribution in [0.4, 0.5) is 0 Å². The van der Waals surface area contributed by atoms with E-state index in [1.54, 1.807) is 0 Å². The number of nitrogens with one attached hydrogen (secondary N) is 1. The maximum Gasteiger partial charge on any atom is 0.0865 e. The average Bonchev–Trinajstić information content (AvgIpc) is 3.25. The summed E-state index contributed by atoms with van der Waals surface area (Å²) in [7, 11) is 2.03. The first-order valence-electron chi connectivity index (χ1n) is 7.24. The minimum absolute atomic E-state index is 0.291. The lowest BCUT2D eigenvalue weighted by molar-refractivity contribution is -0.0272. The number of hydrogen-bond acceptors (Lipinski definition) is 2. The molecule has 1 aliphatic heterocycles. The molecule has 1 N–H and O–H groups in total. The van der Waals surface area contributed by atoms with Gasteiger partial charge in [-0.25, -0.2) is 0 Å². The molecule has 2 fully saturated rings. The molecule has 2 aliphatic rings. The van der Waals surface area contributed by atoms with Crippen molar-refractivity contribution in [3.05, 3.63) is 35.4 Å². The zero-order chi connectivity index (χ0) is 12.4. The summed E-state index contributed by atoms with van der Waals surface area (Å²) in [6, 6.07) is 9.18. The quantitative estimate of drug-likeness (QED) is 0.879. The highest BCUT2D eigenvalue weighted by molar-refractivity contribution is 5.29. The molecule has 2 unspecified atom stereocenters. The molecule has 98 valence electrons. The Morgan fingerprint density at radius 2 is 1.83 bits per heavy atom. The molecule has 0 aromatic heterocycles. The summed E-state index contributed by atoms with van der Waals surface area (Å²) < 4.78 is 6.01. The fourth-order valence-electron chi connectivity index (χ4n) is 3.06. The number of rotatable bonds is 4. The molecule has 0 amide bonds. The van der Waals surface area contributed by atoms with E-state index >= 15 is 0 Å². The summed E-state index contributed by atoms with van der Waals surface area (Å²) in [6.07, 6.45) is 5.52. The third kappa shape index (κ3) is 2.60. The normalized spacial score (nSPS) is 28.3. The fourth-order valence-corrected chi connectivity index (χ4v) is 3.06. The Labute approximate surface area is 110 Å². The van der Waals surface area contributed by atoms with E-state index in [-0.39, 0.29) is 0 Å². The van der Waals surface area contributed by atoms with E-state index in [1.165, 1.54) is 36.8 Å². The SMILES string of the molecule is CNCC1CCCOC1c1ccc(C2CC2)cc1. The highest BCUT2D eigenvalue weighted by atomic mass is 16.5. The minimum Gasteiger partial charge on any atom is -0.373 e. The summed E-state index contributed by atoms with van der Waals surface area (Å²) in [5, 5.41) is 3.30. The van der Waals surface area contributed by atoms with Crippen molar-refractivity contribution in [3.8, 4) is 0 Å². The first-order valence-corrected chi connectivity index (χ1v) is 7.24. The van der Waals surface area contributed by atoms with Crippen LogP contribution in [0.3, 0.4) is 0 Å². The van der Waals surface area contributed by atoms with E-state index in [2.05, 4.69) is 29.6 Å². The topological polar surface area (TPSA) is 21.3 Å². The smallest absolute Gasteiger partial charge is 0.0865 e. The Kier molecular flexibility index (Phi) is 3.67. The van der Waals surface area contributed by atoms with Crippen LogP contribution in [-0.2, 0) is 4.74 Å². The molecule has 1 heterocycles. The van der Waals surface area contributed by atoms with Crippen LogP contribution in [0.5, 0.6) is 0 Å². The van der Waals surface area contributed by atoms with Gasteiger partial charge in [-0.05, 0) is 49.8 Å². The third-order valence-corrected chi connectivity index (χ3v) is 4.22. The second kappa shape index (κ2) is 5.41. The van der Waals surface area contributed by atoms with Crippen molar-refractivity contribution in [3.63, 3.8) is 0 Å². The van der Waals surface area contributed by atoms with Crippen LogP contribution in [0.15, 0.2) is 24.3 Å². The van der Waals surface area contributed by atoms with Crippen LogP contribution in [0, 0.1) is 5.92 Å². The van der Waals surface area contributed by atoms with Gasteiger partial charge in [0, 0.05) is 19.1 Å². The molecule has 2 heteroatoms. The molecule has 1 saturated heterocycles. The van der Waals surface area contributed by atoms with Crippen molar-refractivity contribution >= 4 is 0 Å². The Morgan fingerprint density at radius 1 is 1.11 bits per heavy atom. The van der Waals surface area contributed by atoms with Crippen molar-refractivity contribution in [2.45, 2.75) is 37.7 Å². The maximum atomic E-state index is 6.01. The van der Waals surface area contributed by atoms with Gasteiger partial charge in [0.25, 0.3) is 0 Å². The van der Waals surface area contributed by atoms with Gasteiger partial charge >= 0.3 is 0 Å². The monoisotopic (exact) mass is 245 g/mol. The lowest BCUT2D eigenvalue weighted by atomic mass is 9.89. The van der Waals surface area contributed by atoms with Gasteiger partial charge in [-0.15, -0.1) is 0 Å². The molecule has 1 aliphatic carbocycles. The van der Waals surface area contributed by atoms with Crippen LogP contribution in [0.1, 0.15) is 48.8 Å². The second-order valence-corrected chi connectivity index (χ2v) is 5.69. The standard InChI is InChI=1S/C16H23NO/c1-17-11-15-3-2-10-18-16(15)14-8-6-13(7-9-14)12-4-5-12/h6-9,12,15-17H,2-5,10-11H2,1H3. The molecule has 0 spiro atoms. The Hall–Kier alpha value is -0.860. The van der Waals surface area contributed by atoms with E-state index in [1.807, 2.05) is 7.05 Å². The van der Waals surface area contributed by atoms with Gasteiger partial charge in [0.15, 0.2) is 0 Å². The highest BCUT2D eigenvalue weighted by Gasteiger charge is 2.28. The Morgan fingerprint density at radius 3 is 2.50 bits per heavy atom. The van der Waals surface area contributed by atoms with Gasteiger partial charge in [-0.2, -0.15) is 0 Å². The summed E-state index contributed by atoms with van der Waals surface area (Å²) >= 11 is 0. The van der Waals surface area contributed by atoms with Crippen molar-refractivity contribution in [1.82, 2.24) is 5.32 Å². The molecule has 1 aromatic rings. The van der Waals surface area contributed by atoms with Gasteiger partial charge in [0.05, 0.1) is 6.10 Å². The molecule has 18 heavy (non-hydrogen) atoms. The van der Waals surface area contributed by atoms with Crippen LogP contribution in [0.25, 0.3) is 0 Å². The van der Waals surface area contributed by atoms with Crippen LogP contribution >= 0.6 is 0 Å². The molecular weight excluding hydrogens is 222 g/mol. The van der Waals surface area contributed by atoms with Crippen LogP contribution in [0.2, 0.25) is 0 Å². The average molecular weight is 245 g/mol. The molecule has 1 saturated carbocycles. The number of benzene rings is 1. The lowest BCUT2D eigenvalue weighted by Gasteiger charge is -2.32. The summed E-state index contributed by atoms with van der Waals surface area (Å²) in [6.45, 7) is 1.96. The van der Waals surface area contributed by atoms with Crippen LogP contribution in [-0.4, -0.2) is 20.2 Å². The summed E-state index contributed by atoms with van der Waals surface area (Å²) in [5.41, 5.74) is 2.87. The number of hydrogen-bond donors (Lipinski definition) is 1. The fraction of sp³-hybridized carbons (Fsp3) is 0.625.